The molecule has 2 nitrogen and oxygen atoms in total. The highest BCUT2D eigenvalue weighted by Gasteiger charge is 2.17. The molecule has 0 aliphatic heterocycles. The van der Waals surface area contributed by atoms with Crippen LogP contribution in [-0.2, 0) is 0 Å². The molecule has 0 unspecified atom stereocenters. The molecule has 0 heterocycles. The Balaban J connectivity index is 2.73. The van der Waals surface area contributed by atoms with Crippen LogP contribution in [0, 0.1) is 5.82 Å². The van der Waals surface area contributed by atoms with E-state index in [9.17, 15) is 4.39 Å². The van der Waals surface area contributed by atoms with Crippen molar-refractivity contribution < 1.29 is 4.39 Å². The van der Waals surface area contributed by atoms with E-state index in [0.717, 1.165) is 12.2 Å². The minimum absolute atomic E-state index is 0.0149. The zero-order valence-corrected chi connectivity index (χ0v) is 9.84. The molecule has 0 fully saturated rings. The molecule has 84 valence electrons. The van der Waals surface area contributed by atoms with Crippen LogP contribution >= 0.6 is 0 Å². The number of benzene rings is 1. The monoisotopic (exact) mass is 210 g/mol. The van der Waals surface area contributed by atoms with Gasteiger partial charge in [0.05, 0.1) is 0 Å². The van der Waals surface area contributed by atoms with E-state index in [4.69, 9.17) is 0 Å². The highest BCUT2D eigenvalue weighted by atomic mass is 19.1. The van der Waals surface area contributed by atoms with E-state index in [0.29, 0.717) is 0 Å². The van der Waals surface area contributed by atoms with E-state index in [-0.39, 0.29) is 11.4 Å². The van der Waals surface area contributed by atoms with Gasteiger partial charge in [-0.25, -0.2) is 4.39 Å². The predicted molar refractivity (Wildman–Crippen MR) is 62.8 cm³/mol. The summed E-state index contributed by atoms with van der Waals surface area (Å²) in [4.78, 5) is 2.04. The molecule has 0 saturated carbocycles. The van der Waals surface area contributed by atoms with Crippen molar-refractivity contribution in [2.24, 2.45) is 0 Å². The highest BCUT2D eigenvalue weighted by Crippen LogP contribution is 2.16. The zero-order valence-electron chi connectivity index (χ0n) is 9.84. The Kier molecular flexibility index (Phi) is 3.69. The molecular formula is C12H19FN2. The lowest BCUT2D eigenvalue weighted by molar-refractivity contribution is 0.428. The first-order valence-corrected chi connectivity index (χ1v) is 5.10. The number of rotatable bonds is 4. The summed E-state index contributed by atoms with van der Waals surface area (Å²) in [7, 11) is 3.90. The van der Waals surface area contributed by atoms with Gasteiger partial charge in [-0.05, 0) is 39.1 Å². The van der Waals surface area contributed by atoms with Gasteiger partial charge in [0.2, 0.25) is 0 Å². The first-order chi connectivity index (χ1) is 6.94. The van der Waals surface area contributed by atoms with Gasteiger partial charge in [-0.15, -0.1) is 0 Å². The van der Waals surface area contributed by atoms with Gasteiger partial charge in [0.1, 0.15) is 5.82 Å². The van der Waals surface area contributed by atoms with Crippen LogP contribution in [0.2, 0.25) is 0 Å². The number of hydrogen-bond donors (Lipinski definition) is 1. The molecule has 15 heavy (non-hydrogen) atoms. The van der Waals surface area contributed by atoms with Crippen molar-refractivity contribution in [1.82, 2.24) is 5.32 Å². The molecule has 0 aliphatic carbocycles. The predicted octanol–water partition coefficient (Wildman–Crippen LogP) is 2.26. The van der Waals surface area contributed by atoms with Crippen LogP contribution in [0.4, 0.5) is 10.1 Å². The van der Waals surface area contributed by atoms with Crippen molar-refractivity contribution in [3.8, 4) is 0 Å². The molecule has 0 saturated heterocycles. The van der Waals surface area contributed by atoms with Crippen LogP contribution in [0.25, 0.3) is 0 Å². The van der Waals surface area contributed by atoms with Crippen molar-refractivity contribution in [2.75, 3.05) is 25.5 Å². The van der Waals surface area contributed by atoms with Crippen LogP contribution in [0.3, 0.4) is 0 Å². The number of halogens is 1. The van der Waals surface area contributed by atoms with Crippen molar-refractivity contribution in [3.05, 3.63) is 30.1 Å². The van der Waals surface area contributed by atoms with Crippen molar-refractivity contribution in [2.45, 2.75) is 19.4 Å². The van der Waals surface area contributed by atoms with E-state index in [2.05, 4.69) is 19.2 Å². The fourth-order valence-electron chi connectivity index (χ4n) is 1.48. The van der Waals surface area contributed by atoms with Gasteiger partial charge in [-0.1, -0.05) is 6.07 Å². The van der Waals surface area contributed by atoms with Gasteiger partial charge in [0.15, 0.2) is 0 Å². The highest BCUT2D eigenvalue weighted by molar-refractivity contribution is 5.45. The molecule has 1 N–H and O–H groups in total. The average molecular weight is 210 g/mol. The summed E-state index contributed by atoms with van der Waals surface area (Å²) in [6, 6.07) is 6.65. The Morgan fingerprint density at radius 2 is 2.07 bits per heavy atom. The van der Waals surface area contributed by atoms with Gasteiger partial charge in [-0.2, -0.15) is 0 Å². The fourth-order valence-corrected chi connectivity index (χ4v) is 1.48. The topological polar surface area (TPSA) is 15.3 Å². The zero-order chi connectivity index (χ0) is 11.5. The fraction of sp³-hybridized carbons (Fsp3) is 0.500. The van der Waals surface area contributed by atoms with E-state index in [1.165, 1.54) is 6.07 Å². The maximum absolute atomic E-state index is 13.0. The standard InChI is InChI=1S/C12H19FN2/c1-12(2,14-3)9-15(4)11-7-5-6-10(13)8-11/h5-8,14H,9H2,1-4H3. The van der Waals surface area contributed by atoms with Gasteiger partial charge in [0.25, 0.3) is 0 Å². The summed E-state index contributed by atoms with van der Waals surface area (Å²) >= 11 is 0. The van der Waals surface area contributed by atoms with E-state index < -0.39 is 0 Å². The lowest BCUT2D eigenvalue weighted by Crippen LogP contribution is -2.46. The van der Waals surface area contributed by atoms with Gasteiger partial charge >= 0.3 is 0 Å². The third-order valence-corrected chi connectivity index (χ3v) is 2.56. The molecule has 0 aromatic heterocycles. The molecule has 1 rings (SSSR count). The molecule has 0 radical (unpaired) electrons. The maximum Gasteiger partial charge on any atom is 0.125 e. The molecule has 1 aromatic carbocycles. The largest absolute Gasteiger partial charge is 0.373 e. The second kappa shape index (κ2) is 4.62. The van der Waals surface area contributed by atoms with Crippen LogP contribution in [0.15, 0.2) is 24.3 Å². The molecule has 0 amide bonds. The van der Waals surface area contributed by atoms with Crippen LogP contribution in [0.5, 0.6) is 0 Å². The Hall–Kier alpha value is -1.09. The quantitative estimate of drug-likeness (QED) is 0.820. The second-order valence-electron chi connectivity index (χ2n) is 4.47. The Labute approximate surface area is 91.1 Å². The maximum atomic E-state index is 13.0. The Bertz CT molecular complexity index is 323. The van der Waals surface area contributed by atoms with Crippen molar-refractivity contribution in [1.29, 1.82) is 0 Å². The molecule has 0 bridgehead atoms. The minimum atomic E-state index is -0.193. The summed E-state index contributed by atoms with van der Waals surface area (Å²) in [6.45, 7) is 5.05. The summed E-state index contributed by atoms with van der Waals surface area (Å²) < 4.78 is 13.0. The molecule has 0 spiro atoms. The van der Waals surface area contributed by atoms with Gasteiger partial charge in [0, 0.05) is 24.8 Å². The number of anilines is 1. The van der Waals surface area contributed by atoms with E-state index in [1.807, 2.05) is 25.1 Å². The van der Waals surface area contributed by atoms with E-state index in [1.54, 1.807) is 12.1 Å². The third kappa shape index (κ3) is 3.51. The number of nitrogens with zero attached hydrogens (tertiary/aromatic N) is 1. The number of likely N-dealkylation sites (N-methyl/N-ethyl adjacent to an activating group) is 2. The SMILES string of the molecule is CNC(C)(C)CN(C)c1cccc(F)c1. The molecule has 0 aliphatic rings. The first-order valence-electron chi connectivity index (χ1n) is 5.10. The number of hydrogen-bond acceptors (Lipinski definition) is 2. The second-order valence-corrected chi connectivity index (χ2v) is 4.47. The third-order valence-electron chi connectivity index (χ3n) is 2.56. The van der Waals surface area contributed by atoms with Gasteiger partial charge < -0.3 is 10.2 Å². The van der Waals surface area contributed by atoms with Crippen LogP contribution in [-0.4, -0.2) is 26.2 Å². The lowest BCUT2D eigenvalue weighted by atomic mass is 10.1. The van der Waals surface area contributed by atoms with Gasteiger partial charge in [-0.3, -0.25) is 0 Å². The first kappa shape index (κ1) is 12.0. The van der Waals surface area contributed by atoms with Crippen molar-refractivity contribution in [3.63, 3.8) is 0 Å². The molecule has 3 heteroatoms. The molecule has 0 atom stereocenters. The smallest absolute Gasteiger partial charge is 0.125 e. The number of nitrogens with one attached hydrogen (secondary N) is 1. The summed E-state index contributed by atoms with van der Waals surface area (Å²) in [5.74, 6) is -0.193. The summed E-state index contributed by atoms with van der Waals surface area (Å²) in [5, 5.41) is 3.22. The summed E-state index contributed by atoms with van der Waals surface area (Å²) in [5.41, 5.74) is 0.916. The normalized spacial score (nSPS) is 11.5. The minimum Gasteiger partial charge on any atom is -0.373 e. The lowest BCUT2D eigenvalue weighted by Gasteiger charge is -2.31. The Morgan fingerprint density at radius 1 is 1.40 bits per heavy atom. The molecular weight excluding hydrogens is 191 g/mol. The average Bonchev–Trinajstić information content (AvgIpc) is 2.17. The van der Waals surface area contributed by atoms with E-state index >= 15 is 0 Å². The van der Waals surface area contributed by atoms with Crippen molar-refractivity contribution >= 4 is 5.69 Å². The van der Waals surface area contributed by atoms with Crippen LogP contribution in [0.1, 0.15) is 13.8 Å². The summed E-state index contributed by atoms with van der Waals surface area (Å²) in [6.07, 6.45) is 0. The Morgan fingerprint density at radius 3 is 2.60 bits per heavy atom. The molecule has 1 aromatic rings. The van der Waals surface area contributed by atoms with Crippen LogP contribution < -0.4 is 10.2 Å².